The smallest absolute Gasteiger partial charge is 0.336 e. The van der Waals surface area contributed by atoms with Gasteiger partial charge in [-0.25, -0.2) is 13.2 Å². The molecule has 0 saturated carbocycles. The molecule has 0 amide bonds. The SMILES string of the molecule is O=C(O)c1cccc2c1C=C(CO)S2(=O)=O. The number of hydrogen-bond acceptors (Lipinski definition) is 4. The van der Waals surface area contributed by atoms with Crippen LogP contribution in [0, 0.1) is 0 Å². The van der Waals surface area contributed by atoms with E-state index in [1.54, 1.807) is 0 Å². The second-order valence-electron chi connectivity index (χ2n) is 3.29. The summed E-state index contributed by atoms with van der Waals surface area (Å²) in [6.45, 7) is -0.629. The van der Waals surface area contributed by atoms with Crippen LogP contribution in [0.15, 0.2) is 28.0 Å². The molecule has 0 spiro atoms. The Morgan fingerprint density at radius 1 is 1.31 bits per heavy atom. The van der Waals surface area contributed by atoms with Gasteiger partial charge in [-0.15, -0.1) is 0 Å². The Hall–Kier alpha value is -1.66. The molecule has 5 nitrogen and oxygen atoms in total. The van der Waals surface area contributed by atoms with E-state index < -0.39 is 22.4 Å². The van der Waals surface area contributed by atoms with E-state index in [9.17, 15) is 13.2 Å². The lowest BCUT2D eigenvalue weighted by Crippen LogP contribution is -2.05. The third kappa shape index (κ3) is 1.35. The predicted molar refractivity (Wildman–Crippen MR) is 55.6 cm³/mol. The van der Waals surface area contributed by atoms with Crippen molar-refractivity contribution in [2.75, 3.05) is 6.61 Å². The van der Waals surface area contributed by atoms with Crippen molar-refractivity contribution < 1.29 is 23.4 Å². The van der Waals surface area contributed by atoms with E-state index >= 15 is 0 Å². The van der Waals surface area contributed by atoms with E-state index in [0.29, 0.717) is 0 Å². The minimum Gasteiger partial charge on any atom is -0.478 e. The molecule has 1 heterocycles. The summed E-state index contributed by atoms with van der Waals surface area (Å²) in [7, 11) is -3.70. The molecule has 0 atom stereocenters. The Bertz CT molecular complexity index is 598. The number of aromatic carboxylic acids is 1. The summed E-state index contributed by atoms with van der Waals surface area (Å²) >= 11 is 0. The van der Waals surface area contributed by atoms with Crippen LogP contribution < -0.4 is 0 Å². The van der Waals surface area contributed by atoms with Crippen LogP contribution in [-0.2, 0) is 9.84 Å². The number of carbonyl (C=O) groups is 1. The highest BCUT2D eigenvalue weighted by Gasteiger charge is 2.31. The van der Waals surface area contributed by atoms with Crippen molar-refractivity contribution in [2.45, 2.75) is 4.90 Å². The molecule has 1 aromatic carbocycles. The largest absolute Gasteiger partial charge is 0.478 e. The van der Waals surface area contributed by atoms with Crippen LogP contribution in [-0.4, -0.2) is 31.2 Å². The molecule has 1 aliphatic rings. The molecule has 1 aliphatic heterocycles. The number of carboxylic acid groups (broad SMARTS) is 1. The fourth-order valence-corrected chi connectivity index (χ4v) is 3.07. The molecule has 0 bridgehead atoms. The van der Waals surface area contributed by atoms with Crippen LogP contribution >= 0.6 is 0 Å². The molecule has 2 N–H and O–H groups in total. The van der Waals surface area contributed by atoms with Gasteiger partial charge >= 0.3 is 5.97 Å². The lowest BCUT2D eigenvalue weighted by molar-refractivity contribution is 0.0696. The molecular weight excluding hydrogens is 232 g/mol. The first kappa shape index (κ1) is 10.8. The first-order chi connectivity index (χ1) is 7.48. The zero-order valence-electron chi connectivity index (χ0n) is 8.04. The van der Waals surface area contributed by atoms with Crippen LogP contribution in [0.5, 0.6) is 0 Å². The fourth-order valence-electron chi connectivity index (χ4n) is 1.62. The predicted octanol–water partition coefficient (Wildman–Crippen LogP) is 0.505. The molecule has 1 aromatic rings. The number of hydrogen-bond donors (Lipinski definition) is 2. The van der Waals surface area contributed by atoms with Crippen LogP contribution in [0.3, 0.4) is 0 Å². The van der Waals surface area contributed by atoms with Crippen molar-refractivity contribution in [3.05, 3.63) is 34.2 Å². The second kappa shape index (κ2) is 3.43. The maximum absolute atomic E-state index is 11.8. The van der Waals surface area contributed by atoms with Crippen molar-refractivity contribution in [1.82, 2.24) is 0 Å². The van der Waals surface area contributed by atoms with Crippen LogP contribution in [0.4, 0.5) is 0 Å². The number of sulfone groups is 1. The number of rotatable bonds is 2. The third-order valence-corrected chi connectivity index (χ3v) is 4.26. The lowest BCUT2D eigenvalue weighted by atomic mass is 10.1. The summed E-state index contributed by atoms with van der Waals surface area (Å²) in [5.74, 6) is -1.19. The van der Waals surface area contributed by atoms with Gasteiger partial charge in [0.15, 0.2) is 0 Å². The zero-order valence-corrected chi connectivity index (χ0v) is 8.86. The minimum atomic E-state index is -3.70. The fraction of sp³-hybridized carbons (Fsp3) is 0.100. The molecule has 0 saturated heterocycles. The highest BCUT2D eigenvalue weighted by molar-refractivity contribution is 7.95. The zero-order chi connectivity index (χ0) is 11.9. The van der Waals surface area contributed by atoms with Crippen molar-refractivity contribution in [3.8, 4) is 0 Å². The van der Waals surface area contributed by atoms with Crippen molar-refractivity contribution in [3.63, 3.8) is 0 Å². The molecule has 0 fully saturated rings. The van der Waals surface area contributed by atoms with Gasteiger partial charge in [-0.3, -0.25) is 0 Å². The summed E-state index contributed by atoms with van der Waals surface area (Å²) in [5, 5.41) is 17.8. The monoisotopic (exact) mass is 240 g/mol. The number of carboxylic acids is 1. The molecule has 16 heavy (non-hydrogen) atoms. The van der Waals surface area contributed by atoms with E-state index in [0.717, 1.165) is 0 Å². The summed E-state index contributed by atoms with van der Waals surface area (Å²) in [5.41, 5.74) is 0.0589. The van der Waals surface area contributed by atoms with Crippen LogP contribution in [0.25, 0.3) is 6.08 Å². The highest BCUT2D eigenvalue weighted by atomic mass is 32.2. The number of benzene rings is 1. The molecule has 0 aliphatic carbocycles. The summed E-state index contributed by atoms with van der Waals surface area (Å²) < 4.78 is 23.5. The van der Waals surface area contributed by atoms with Crippen molar-refractivity contribution in [2.24, 2.45) is 0 Å². The summed E-state index contributed by atoms with van der Waals surface area (Å²) in [6, 6.07) is 4.03. The third-order valence-electron chi connectivity index (χ3n) is 2.39. The molecule has 0 radical (unpaired) electrons. The quantitative estimate of drug-likeness (QED) is 0.785. The maximum Gasteiger partial charge on any atom is 0.336 e. The number of fused-ring (bicyclic) bond motifs is 1. The molecule has 84 valence electrons. The number of aliphatic hydroxyl groups excluding tert-OH is 1. The first-order valence-corrected chi connectivity index (χ1v) is 5.89. The average molecular weight is 240 g/mol. The molecule has 6 heteroatoms. The van der Waals surface area contributed by atoms with E-state index in [4.69, 9.17) is 10.2 Å². The molecule has 2 rings (SSSR count). The Labute approximate surface area is 91.6 Å². The summed E-state index contributed by atoms with van der Waals surface area (Å²) in [6.07, 6.45) is 1.20. The average Bonchev–Trinajstić information content (AvgIpc) is 2.50. The minimum absolute atomic E-state index is 0.0588. The van der Waals surface area contributed by atoms with E-state index in [2.05, 4.69) is 0 Å². The normalized spacial score (nSPS) is 16.7. The van der Waals surface area contributed by atoms with Crippen LogP contribution in [0.1, 0.15) is 15.9 Å². The first-order valence-electron chi connectivity index (χ1n) is 4.41. The lowest BCUT2D eigenvalue weighted by Gasteiger charge is -2.02. The summed E-state index contributed by atoms with van der Waals surface area (Å²) in [4.78, 5) is 10.7. The Balaban J connectivity index is 2.78. The maximum atomic E-state index is 11.8. The Kier molecular flexibility index (Phi) is 2.32. The van der Waals surface area contributed by atoms with Gasteiger partial charge in [-0.05, 0) is 18.2 Å². The highest BCUT2D eigenvalue weighted by Crippen LogP contribution is 2.34. The van der Waals surface area contributed by atoms with Gasteiger partial charge in [0, 0.05) is 5.56 Å². The van der Waals surface area contributed by atoms with Gasteiger partial charge in [0.05, 0.1) is 22.0 Å². The van der Waals surface area contributed by atoms with Crippen molar-refractivity contribution >= 4 is 21.9 Å². The van der Waals surface area contributed by atoms with Gasteiger partial charge in [0.1, 0.15) is 0 Å². The van der Waals surface area contributed by atoms with Gasteiger partial charge in [-0.1, -0.05) is 6.07 Å². The number of aliphatic hydroxyl groups is 1. The van der Waals surface area contributed by atoms with E-state index in [1.807, 2.05) is 0 Å². The van der Waals surface area contributed by atoms with Crippen LogP contribution in [0.2, 0.25) is 0 Å². The van der Waals surface area contributed by atoms with Crippen molar-refractivity contribution in [1.29, 1.82) is 0 Å². The molecular formula is C10H8O5S. The van der Waals surface area contributed by atoms with Gasteiger partial charge < -0.3 is 10.2 Å². The van der Waals surface area contributed by atoms with Gasteiger partial charge in [0.25, 0.3) is 0 Å². The van der Waals surface area contributed by atoms with Gasteiger partial charge in [-0.2, -0.15) is 0 Å². The second-order valence-corrected chi connectivity index (χ2v) is 5.27. The molecule has 0 unspecified atom stereocenters. The topological polar surface area (TPSA) is 91.7 Å². The van der Waals surface area contributed by atoms with E-state index in [-0.39, 0.29) is 20.9 Å². The molecule has 0 aromatic heterocycles. The van der Waals surface area contributed by atoms with E-state index in [1.165, 1.54) is 24.3 Å². The van der Waals surface area contributed by atoms with Gasteiger partial charge in [0.2, 0.25) is 9.84 Å². The Morgan fingerprint density at radius 2 is 2.00 bits per heavy atom. The Morgan fingerprint density at radius 3 is 2.56 bits per heavy atom. The standard InChI is InChI=1S/C10H8O5S/c11-5-6-4-8-7(10(12)13)2-1-3-9(8)16(6,14)15/h1-4,11H,5H2,(H,12,13).